The fourth-order valence-corrected chi connectivity index (χ4v) is 3.98. The summed E-state index contributed by atoms with van der Waals surface area (Å²) in [7, 11) is -1.74. The lowest BCUT2D eigenvalue weighted by molar-refractivity contribution is 0.1000. The molecule has 2 nitrogen and oxygen atoms in total. The van der Waals surface area contributed by atoms with Crippen LogP contribution in [0.4, 0.5) is 4.39 Å². The molecule has 2 aromatic carbocycles. The third kappa shape index (κ3) is 3.71. The number of amides is 1. The lowest BCUT2D eigenvalue weighted by Crippen LogP contribution is -2.25. The molecule has 2 N–H and O–H groups in total. The van der Waals surface area contributed by atoms with E-state index in [-0.39, 0.29) is 5.82 Å². The molecule has 0 aliphatic heterocycles. The molecule has 22 heavy (non-hydrogen) atoms. The van der Waals surface area contributed by atoms with Crippen LogP contribution < -0.4 is 5.73 Å². The summed E-state index contributed by atoms with van der Waals surface area (Å²) in [5.41, 5.74) is 7.82. The molecule has 114 valence electrons. The zero-order valence-electron chi connectivity index (χ0n) is 13.1. The van der Waals surface area contributed by atoms with Gasteiger partial charge in [-0.3, -0.25) is 4.79 Å². The number of hydrogen-bond donors (Lipinski definition) is 1. The van der Waals surface area contributed by atoms with Gasteiger partial charge >= 0.3 is 0 Å². The first kappa shape index (κ1) is 16.2. The third-order valence-corrected chi connectivity index (χ3v) is 5.50. The minimum absolute atomic E-state index is 0.260. The smallest absolute Gasteiger partial charge is 0.249 e. The zero-order chi connectivity index (χ0) is 16.3. The topological polar surface area (TPSA) is 43.1 Å². The van der Waals surface area contributed by atoms with Gasteiger partial charge in [-0.15, -0.1) is 0 Å². The molecule has 0 unspecified atom stereocenters. The molecule has 0 aliphatic carbocycles. The van der Waals surface area contributed by atoms with Gasteiger partial charge in [-0.25, -0.2) is 4.39 Å². The van der Waals surface area contributed by atoms with Crippen LogP contribution in [-0.2, 0) is 0 Å². The first-order valence-corrected chi connectivity index (χ1v) is 10.7. The number of primary amides is 1. The van der Waals surface area contributed by atoms with Gasteiger partial charge in [-0.1, -0.05) is 61.2 Å². The van der Waals surface area contributed by atoms with Crippen molar-refractivity contribution in [2.24, 2.45) is 5.73 Å². The Bertz CT molecular complexity index is 715. The Kier molecular flexibility index (Phi) is 4.61. The van der Waals surface area contributed by atoms with E-state index in [1.54, 1.807) is 18.2 Å². The van der Waals surface area contributed by atoms with E-state index in [1.165, 1.54) is 12.1 Å². The maximum Gasteiger partial charge on any atom is 0.249 e. The summed E-state index contributed by atoms with van der Waals surface area (Å²) in [4.78, 5) is 11.7. The summed E-state index contributed by atoms with van der Waals surface area (Å²) in [5.74, 6) is -0.692. The van der Waals surface area contributed by atoms with Crippen molar-refractivity contribution < 1.29 is 9.18 Å². The molecule has 0 fully saturated rings. The molecular formula is C18H20FNOSi. The van der Waals surface area contributed by atoms with Crippen LogP contribution in [0.3, 0.4) is 0 Å². The molecule has 0 atom stereocenters. The molecule has 0 bridgehead atoms. The van der Waals surface area contributed by atoms with Gasteiger partial charge in [0.05, 0.1) is 8.07 Å². The maximum absolute atomic E-state index is 13.1. The largest absolute Gasteiger partial charge is 0.366 e. The Hall–Kier alpha value is -2.20. The highest BCUT2D eigenvalue weighted by molar-refractivity contribution is 6.94. The van der Waals surface area contributed by atoms with Crippen LogP contribution in [0.25, 0.3) is 11.3 Å². The van der Waals surface area contributed by atoms with Crippen LogP contribution in [0.1, 0.15) is 21.5 Å². The van der Waals surface area contributed by atoms with Crippen molar-refractivity contribution in [3.8, 4) is 0 Å². The second-order valence-corrected chi connectivity index (χ2v) is 11.3. The van der Waals surface area contributed by atoms with Crippen LogP contribution >= 0.6 is 0 Å². The number of hydrogen-bond acceptors (Lipinski definition) is 1. The van der Waals surface area contributed by atoms with Gasteiger partial charge in [0, 0.05) is 5.56 Å². The highest BCUT2D eigenvalue weighted by Crippen LogP contribution is 2.30. The van der Waals surface area contributed by atoms with Crippen molar-refractivity contribution in [1.29, 1.82) is 0 Å². The van der Waals surface area contributed by atoms with Crippen LogP contribution in [-0.4, -0.2) is 14.0 Å². The molecule has 2 aromatic rings. The van der Waals surface area contributed by atoms with Gasteiger partial charge in [0.1, 0.15) is 5.82 Å². The molecule has 0 radical (unpaired) electrons. The molecule has 0 saturated heterocycles. The van der Waals surface area contributed by atoms with E-state index in [4.69, 9.17) is 5.73 Å². The van der Waals surface area contributed by atoms with Gasteiger partial charge < -0.3 is 5.73 Å². The molecule has 1 amide bonds. The first-order valence-electron chi connectivity index (χ1n) is 7.16. The standard InChI is InChI=1S/C18H20FNOSi/c1-22(2,3)17(12-13-8-10-14(19)11-9-13)15-6-4-5-7-16(15)18(20)21/h4-12H,1-3H3,(H2,20,21)/b17-12-. The van der Waals surface area contributed by atoms with Gasteiger partial charge in [0.2, 0.25) is 5.91 Å². The lowest BCUT2D eigenvalue weighted by Gasteiger charge is -2.23. The average molecular weight is 313 g/mol. The van der Waals surface area contributed by atoms with Crippen molar-refractivity contribution in [1.82, 2.24) is 0 Å². The van der Waals surface area contributed by atoms with Crippen LogP contribution in [0.5, 0.6) is 0 Å². The lowest BCUT2D eigenvalue weighted by atomic mass is 10.0. The van der Waals surface area contributed by atoms with Crippen molar-refractivity contribution in [3.05, 3.63) is 71.0 Å². The molecule has 0 heterocycles. The van der Waals surface area contributed by atoms with Crippen LogP contribution in [0, 0.1) is 5.82 Å². The number of carbonyl (C=O) groups excluding carboxylic acids is 1. The number of rotatable bonds is 4. The van der Waals surface area contributed by atoms with Gasteiger partial charge in [-0.2, -0.15) is 0 Å². The number of halogens is 1. The Balaban J connectivity index is 2.62. The number of carbonyl (C=O) groups is 1. The van der Waals surface area contributed by atoms with Crippen LogP contribution in [0.15, 0.2) is 48.5 Å². The third-order valence-electron chi connectivity index (χ3n) is 3.47. The summed E-state index contributed by atoms with van der Waals surface area (Å²) in [6.07, 6.45) is 2.04. The van der Waals surface area contributed by atoms with E-state index >= 15 is 0 Å². The summed E-state index contributed by atoms with van der Waals surface area (Å²) >= 11 is 0. The van der Waals surface area contributed by atoms with Crippen molar-refractivity contribution in [2.45, 2.75) is 19.6 Å². The van der Waals surface area contributed by atoms with E-state index in [9.17, 15) is 9.18 Å². The second kappa shape index (κ2) is 6.28. The van der Waals surface area contributed by atoms with Crippen molar-refractivity contribution in [2.75, 3.05) is 0 Å². The van der Waals surface area contributed by atoms with Gasteiger partial charge in [-0.05, 0) is 29.3 Å². The SMILES string of the molecule is C[Si](C)(C)/C(=C\c1ccc(F)cc1)c1ccccc1C(N)=O. The normalized spacial score (nSPS) is 12.3. The van der Waals surface area contributed by atoms with E-state index < -0.39 is 14.0 Å². The molecule has 0 spiro atoms. The molecule has 0 aliphatic rings. The minimum atomic E-state index is -1.74. The molecule has 2 rings (SSSR count). The van der Waals surface area contributed by atoms with Crippen molar-refractivity contribution >= 4 is 25.3 Å². The van der Waals surface area contributed by atoms with Crippen LogP contribution in [0.2, 0.25) is 19.6 Å². The Morgan fingerprint density at radius 1 is 1.00 bits per heavy atom. The molecule has 0 aromatic heterocycles. The van der Waals surface area contributed by atoms with Gasteiger partial charge in [0.25, 0.3) is 0 Å². The zero-order valence-corrected chi connectivity index (χ0v) is 14.1. The summed E-state index contributed by atoms with van der Waals surface area (Å²) in [5, 5.41) is 1.12. The van der Waals surface area contributed by atoms with E-state index in [0.717, 1.165) is 16.3 Å². The second-order valence-electron chi connectivity index (χ2n) is 6.27. The number of benzene rings is 2. The molecular weight excluding hydrogens is 293 g/mol. The fourth-order valence-electron chi connectivity index (χ4n) is 2.36. The van der Waals surface area contributed by atoms with E-state index in [0.29, 0.717) is 5.56 Å². The Morgan fingerprint density at radius 2 is 1.55 bits per heavy atom. The van der Waals surface area contributed by atoms with E-state index in [1.807, 2.05) is 24.3 Å². The number of nitrogens with two attached hydrogens (primary N) is 1. The highest BCUT2D eigenvalue weighted by Gasteiger charge is 2.24. The summed E-state index contributed by atoms with van der Waals surface area (Å²) < 4.78 is 13.1. The van der Waals surface area contributed by atoms with Gasteiger partial charge in [0.15, 0.2) is 0 Å². The molecule has 0 saturated carbocycles. The monoisotopic (exact) mass is 313 g/mol. The Labute approximate surface area is 131 Å². The highest BCUT2D eigenvalue weighted by atomic mass is 28.3. The quantitative estimate of drug-likeness (QED) is 0.662. The van der Waals surface area contributed by atoms with Crippen molar-refractivity contribution in [3.63, 3.8) is 0 Å². The average Bonchev–Trinajstić information content (AvgIpc) is 2.45. The van der Waals surface area contributed by atoms with E-state index in [2.05, 4.69) is 19.6 Å². The molecule has 4 heteroatoms. The minimum Gasteiger partial charge on any atom is -0.366 e. The first-order chi connectivity index (χ1) is 10.3. The predicted molar refractivity (Wildman–Crippen MR) is 92.6 cm³/mol. The summed E-state index contributed by atoms with van der Waals surface area (Å²) in [6, 6.07) is 13.7. The maximum atomic E-state index is 13.1. The summed E-state index contributed by atoms with van der Waals surface area (Å²) in [6.45, 7) is 6.63. The fraction of sp³-hybridized carbons (Fsp3) is 0.167. The predicted octanol–water partition coefficient (Wildman–Crippen LogP) is 4.34. The Morgan fingerprint density at radius 3 is 2.05 bits per heavy atom.